The highest BCUT2D eigenvalue weighted by Gasteiger charge is 2.25. The van der Waals surface area contributed by atoms with Gasteiger partial charge in [0.2, 0.25) is 5.91 Å². The van der Waals surface area contributed by atoms with E-state index < -0.39 is 0 Å². The van der Waals surface area contributed by atoms with Crippen molar-refractivity contribution in [2.75, 3.05) is 11.1 Å². The Hall–Kier alpha value is -2.60. The molecule has 0 saturated carbocycles. The van der Waals surface area contributed by atoms with E-state index in [2.05, 4.69) is 35.1 Å². The van der Waals surface area contributed by atoms with Gasteiger partial charge in [-0.05, 0) is 48.4 Å². The molecule has 1 atom stereocenters. The van der Waals surface area contributed by atoms with Crippen molar-refractivity contribution < 1.29 is 4.79 Å². The van der Waals surface area contributed by atoms with E-state index in [1.807, 2.05) is 28.8 Å². The number of hydrogen-bond acceptors (Lipinski definition) is 6. The lowest BCUT2D eigenvalue weighted by molar-refractivity contribution is -0.113. The van der Waals surface area contributed by atoms with Crippen LogP contribution in [0.5, 0.6) is 0 Å². The molecule has 2 aromatic heterocycles. The SMILES string of the molecule is C=CCn1c(Cc2ccc(Cl)cc2)nnc1SCC(=O)Nc1sc2c(c1C#N)CCC(C)C2. The molecular weight excluding hydrogens is 474 g/mol. The Bertz CT molecular complexity index is 1210. The number of thioether (sulfide) groups is 1. The van der Waals surface area contributed by atoms with Crippen LogP contribution in [0.1, 0.15) is 40.7 Å². The van der Waals surface area contributed by atoms with Gasteiger partial charge in [-0.15, -0.1) is 28.1 Å². The van der Waals surface area contributed by atoms with Gasteiger partial charge in [0.05, 0.1) is 11.3 Å². The van der Waals surface area contributed by atoms with Crippen LogP contribution in [0.15, 0.2) is 42.1 Å². The van der Waals surface area contributed by atoms with Gasteiger partial charge in [0.25, 0.3) is 0 Å². The molecule has 4 rings (SSSR count). The summed E-state index contributed by atoms with van der Waals surface area (Å²) < 4.78 is 1.96. The first-order chi connectivity index (χ1) is 16.0. The number of benzene rings is 1. The number of carbonyl (C=O) groups excluding carboxylic acids is 1. The highest BCUT2D eigenvalue weighted by molar-refractivity contribution is 7.99. The molecule has 3 aromatic rings. The Balaban J connectivity index is 1.43. The number of allylic oxidation sites excluding steroid dienone is 1. The summed E-state index contributed by atoms with van der Waals surface area (Å²) in [6.45, 7) is 6.61. The molecule has 170 valence electrons. The van der Waals surface area contributed by atoms with Crippen molar-refractivity contribution in [1.82, 2.24) is 14.8 Å². The molecule has 1 aliphatic rings. The minimum absolute atomic E-state index is 0.157. The third kappa shape index (κ3) is 5.49. The molecule has 0 spiro atoms. The van der Waals surface area contributed by atoms with Gasteiger partial charge in [-0.2, -0.15) is 5.26 Å². The van der Waals surface area contributed by atoms with Gasteiger partial charge in [-0.3, -0.25) is 4.79 Å². The topological polar surface area (TPSA) is 83.6 Å². The van der Waals surface area contributed by atoms with Crippen LogP contribution in [-0.2, 0) is 30.6 Å². The average molecular weight is 498 g/mol. The number of nitrogens with one attached hydrogen (secondary N) is 1. The van der Waals surface area contributed by atoms with Gasteiger partial charge >= 0.3 is 0 Å². The number of fused-ring (bicyclic) bond motifs is 1. The van der Waals surface area contributed by atoms with Crippen molar-refractivity contribution in [3.05, 3.63) is 69.3 Å². The molecule has 1 unspecified atom stereocenters. The third-order valence-corrected chi connectivity index (χ3v) is 7.98. The van der Waals surface area contributed by atoms with Crippen molar-refractivity contribution in [2.45, 2.75) is 44.3 Å². The summed E-state index contributed by atoms with van der Waals surface area (Å²) in [4.78, 5) is 13.9. The zero-order valence-electron chi connectivity index (χ0n) is 18.3. The second-order valence-electron chi connectivity index (χ2n) is 8.11. The molecule has 2 heterocycles. The maximum absolute atomic E-state index is 12.7. The fourth-order valence-corrected chi connectivity index (χ4v) is 6.17. The van der Waals surface area contributed by atoms with Crippen LogP contribution < -0.4 is 5.32 Å². The van der Waals surface area contributed by atoms with E-state index in [-0.39, 0.29) is 11.7 Å². The van der Waals surface area contributed by atoms with Crippen LogP contribution in [0.2, 0.25) is 5.02 Å². The molecule has 0 radical (unpaired) electrons. The summed E-state index contributed by atoms with van der Waals surface area (Å²) in [6.07, 6.45) is 5.35. The van der Waals surface area contributed by atoms with Crippen molar-refractivity contribution in [2.24, 2.45) is 5.92 Å². The van der Waals surface area contributed by atoms with Gasteiger partial charge < -0.3 is 9.88 Å². The summed E-state index contributed by atoms with van der Waals surface area (Å²) in [5.41, 5.74) is 2.81. The number of aromatic nitrogens is 3. The first-order valence-electron chi connectivity index (χ1n) is 10.7. The predicted molar refractivity (Wildman–Crippen MR) is 134 cm³/mol. The maximum Gasteiger partial charge on any atom is 0.235 e. The molecule has 1 aromatic carbocycles. The van der Waals surface area contributed by atoms with E-state index in [9.17, 15) is 10.1 Å². The average Bonchev–Trinajstić information content (AvgIpc) is 3.33. The zero-order valence-corrected chi connectivity index (χ0v) is 20.7. The first kappa shape index (κ1) is 23.6. The summed E-state index contributed by atoms with van der Waals surface area (Å²) in [5, 5.41) is 23.2. The van der Waals surface area contributed by atoms with E-state index in [1.165, 1.54) is 28.0 Å². The zero-order chi connectivity index (χ0) is 23.4. The van der Waals surface area contributed by atoms with Crippen molar-refractivity contribution in [3.8, 4) is 6.07 Å². The van der Waals surface area contributed by atoms with Crippen molar-refractivity contribution in [3.63, 3.8) is 0 Å². The molecule has 9 heteroatoms. The lowest BCUT2D eigenvalue weighted by Gasteiger charge is -2.17. The largest absolute Gasteiger partial charge is 0.316 e. The molecule has 1 N–H and O–H groups in total. The van der Waals surface area contributed by atoms with Crippen LogP contribution in [0.4, 0.5) is 5.00 Å². The molecule has 0 fully saturated rings. The summed E-state index contributed by atoms with van der Waals surface area (Å²) in [7, 11) is 0. The second kappa shape index (κ2) is 10.6. The van der Waals surface area contributed by atoms with E-state index in [4.69, 9.17) is 11.6 Å². The highest BCUT2D eigenvalue weighted by Crippen LogP contribution is 2.39. The Morgan fingerprint density at radius 1 is 1.42 bits per heavy atom. The van der Waals surface area contributed by atoms with E-state index in [0.29, 0.717) is 39.6 Å². The molecule has 33 heavy (non-hydrogen) atoms. The van der Waals surface area contributed by atoms with Gasteiger partial charge in [0.1, 0.15) is 16.9 Å². The number of nitriles is 1. The van der Waals surface area contributed by atoms with Gasteiger partial charge in [-0.25, -0.2) is 0 Å². The van der Waals surface area contributed by atoms with Gasteiger partial charge in [0, 0.05) is 22.9 Å². The number of nitrogens with zero attached hydrogens (tertiary/aromatic N) is 4. The van der Waals surface area contributed by atoms with E-state index in [0.717, 1.165) is 36.2 Å². The number of carbonyl (C=O) groups is 1. The quantitative estimate of drug-likeness (QED) is 0.328. The molecule has 1 amide bonds. The number of amides is 1. The molecule has 0 bridgehead atoms. The van der Waals surface area contributed by atoms with Gasteiger partial charge in [0.15, 0.2) is 5.16 Å². The standard InChI is InChI=1S/C24H24ClN5OS2/c1-3-10-30-21(12-16-5-7-17(25)8-6-16)28-29-24(30)32-14-22(31)27-23-19(13-26)18-9-4-15(2)11-20(18)33-23/h3,5-8,15H,1,4,9-12,14H2,2H3,(H,27,31). The first-order valence-corrected chi connectivity index (χ1v) is 12.9. The number of rotatable bonds is 8. The molecule has 0 saturated heterocycles. The predicted octanol–water partition coefficient (Wildman–Crippen LogP) is 5.50. The normalized spacial score (nSPS) is 15.0. The Kier molecular flexibility index (Phi) is 7.53. The molecular formula is C24H24ClN5OS2. The van der Waals surface area contributed by atoms with Crippen LogP contribution in [0.25, 0.3) is 0 Å². The maximum atomic E-state index is 12.7. The number of thiophene rings is 1. The molecule has 0 aliphatic heterocycles. The third-order valence-electron chi connectivity index (χ3n) is 5.59. The Morgan fingerprint density at radius 2 is 2.21 bits per heavy atom. The summed E-state index contributed by atoms with van der Waals surface area (Å²) in [5.74, 6) is 1.43. The number of hydrogen-bond donors (Lipinski definition) is 1. The van der Waals surface area contributed by atoms with Crippen LogP contribution in [0, 0.1) is 17.2 Å². The smallest absolute Gasteiger partial charge is 0.235 e. The minimum Gasteiger partial charge on any atom is -0.316 e. The van der Waals surface area contributed by atoms with Crippen molar-refractivity contribution >= 4 is 45.6 Å². The molecule has 1 aliphatic carbocycles. The van der Waals surface area contributed by atoms with E-state index >= 15 is 0 Å². The van der Waals surface area contributed by atoms with Crippen LogP contribution in [0.3, 0.4) is 0 Å². The number of halogens is 1. The van der Waals surface area contributed by atoms with E-state index in [1.54, 1.807) is 6.08 Å². The second-order valence-corrected chi connectivity index (χ2v) is 10.6. The summed E-state index contributed by atoms with van der Waals surface area (Å²) in [6, 6.07) is 9.92. The Morgan fingerprint density at radius 3 is 2.94 bits per heavy atom. The minimum atomic E-state index is -0.157. The van der Waals surface area contributed by atoms with Crippen LogP contribution >= 0.6 is 34.7 Å². The lowest BCUT2D eigenvalue weighted by Crippen LogP contribution is -2.15. The Labute approximate surface area is 206 Å². The van der Waals surface area contributed by atoms with Crippen molar-refractivity contribution in [1.29, 1.82) is 5.26 Å². The monoisotopic (exact) mass is 497 g/mol. The molecule has 6 nitrogen and oxygen atoms in total. The van der Waals surface area contributed by atoms with Gasteiger partial charge in [-0.1, -0.05) is 48.5 Å². The fraction of sp³-hybridized carbons (Fsp3) is 0.333. The lowest BCUT2D eigenvalue weighted by atomic mass is 9.89. The number of anilines is 1. The summed E-state index contributed by atoms with van der Waals surface area (Å²) >= 11 is 8.84. The fourth-order valence-electron chi connectivity index (χ4n) is 3.90. The highest BCUT2D eigenvalue weighted by atomic mass is 35.5. The van der Waals surface area contributed by atoms with Crippen LogP contribution in [-0.4, -0.2) is 26.4 Å².